The largest absolute Gasteiger partial charge is 0.394 e. The maximum atomic E-state index is 8.58. The minimum Gasteiger partial charge on any atom is -0.394 e. The molecular formula is C11H13NO2. The summed E-state index contributed by atoms with van der Waals surface area (Å²) < 4.78 is 5.27. The van der Waals surface area contributed by atoms with Crippen LogP contribution >= 0.6 is 0 Å². The maximum Gasteiger partial charge on any atom is 0.0738 e. The average molecular weight is 191 g/mol. The summed E-state index contributed by atoms with van der Waals surface area (Å²) in [5, 5.41) is 9.76. The normalized spacial score (nSPS) is 10.9. The molecule has 0 aliphatic rings. The molecule has 1 aromatic heterocycles. The van der Waals surface area contributed by atoms with Gasteiger partial charge in [-0.2, -0.15) is 0 Å². The molecule has 2 N–H and O–H groups in total. The number of benzene rings is 1. The van der Waals surface area contributed by atoms with Gasteiger partial charge in [0, 0.05) is 22.7 Å². The van der Waals surface area contributed by atoms with Gasteiger partial charge in [-0.3, -0.25) is 0 Å². The van der Waals surface area contributed by atoms with Crippen LogP contribution in [0, 0.1) is 0 Å². The van der Waals surface area contributed by atoms with E-state index >= 15 is 0 Å². The number of ether oxygens (including phenoxy) is 1. The zero-order valence-corrected chi connectivity index (χ0v) is 7.86. The first-order chi connectivity index (χ1) is 6.92. The number of aliphatic hydroxyl groups is 1. The highest BCUT2D eigenvalue weighted by Crippen LogP contribution is 2.17. The predicted octanol–water partition coefficient (Wildman–Crippen LogP) is 1.68. The maximum absolute atomic E-state index is 8.58. The second-order valence-electron chi connectivity index (χ2n) is 3.14. The van der Waals surface area contributed by atoms with Crippen molar-refractivity contribution in [3.05, 3.63) is 36.0 Å². The molecule has 0 aliphatic heterocycles. The van der Waals surface area contributed by atoms with Gasteiger partial charge in [0.05, 0.1) is 19.8 Å². The topological polar surface area (TPSA) is 45.2 Å². The molecule has 0 unspecified atom stereocenters. The van der Waals surface area contributed by atoms with Crippen LogP contribution in [0.2, 0.25) is 0 Å². The van der Waals surface area contributed by atoms with Gasteiger partial charge in [0.25, 0.3) is 0 Å². The fraction of sp³-hybridized carbons (Fsp3) is 0.273. The Bertz CT molecular complexity index is 408. The van der Waals surface area contributed by atoms with Crippen molar-refractivity contribution < 1.29 is 9.84 Å². The molecule has 0 amide bonds. The Hall–Kier alpha value is -1.32. The van der Waals surface area contributed by atoms with Gasteiger partial charge in [0.2, 0.25) is 0 Å². The van der Waals surface area contributed by atoms with E-state index in [1.54, 1.807) is 0 Å². The molecule has 3 heteroatoms. The Labute approximate surface area is 82.3 Å². The molecule has 0 spiro atoms. The Morgan fingerprint density at radius 2 is 2.14 bits per heavy atom. The summed E-state index contributed by atoms with van der Waals surface area (Å²) in [5.74, 6) is 0. The van der Waals surface area contributed by atoms with Gasteiger partial charge in [0.1, 0.15) is 0 Å². The summed E-state index contributed by atoms with van der Waals surface area (Å²) >= 11 is 0. The van der Waals surface area contributed by atoms with Gasteiger partial charge in [0.15, 0.2) is 0 Å². The Kier molecular flexibility index (Phi) is 2.81. The third-order valence-corrected chi connectivity index (χ3v) is 2.17. The van der Waals surface area contributed by atoms with Crippen molar-refractivity contribution in [3.63, 3.8) is 0 Å². The molecule has 0 saturated carbocycles. The van der Waals surface area contributed by atoms with Crippen molar-refractivity contribution in [1.82, 2.24) is 4.98 Å². The molecular weight excluding hydrogens is 178 g/mol. The highest BCUT2D eigenvalue weighted by atomic mass is 16.5. The Balaban J connectivity index is 2.17. The summed E-state index contributed by atoms with van der Waals surface area (Å²) in [6.07, 6.45) is 1.95. The molecule has 0 fully saturated rings. The highest BCUT2D eigenvalue weighted by molar-refractivity contribution is 5.82. The Morgan fingerprint density at radius 3 is 3.00 bits per heavy atom. The number of aliphatic hydroxyl groups excluding tert-OH is 1. The van der Waals surface area contributed by atoms with Gasteiger partial charge in [-0.15, -0.1) is 0 Å². The molecule has 1 aromatic carbocycles. The van der Waals surface area contributed by atoms with Crippen molar-refractivity contribution >= 4 is 10.9 Å². The molecule has 0 saturated heterocycles. The third kappa shape index (κ3) is 1.78. The minimum atomic E-state index is 0.0718. The van der Waals surface area contributed by atoms with Crippen LogP contribution in [0.25, 0.3) is 10.9 Å². The lowest BCUT2D eigenvalue weighted by Gasteiger charge is -1.99. The van der Waals surface area contributed by atoms with E-state index < -0.39 is 0 Å². The number of rotatable bonds is 4. The molecule has 2 aromatic rings. The lowest BCUT2D eigenvalue weighted by molar-refractivity contribution is 0.0822. The quantitative estimate of drug-likeness (QED) is 0.722. The fourth-order valence-electron chi connectivity index (χ4n) is 1.50. The second-order valence-corrected chi connectivity index (χ2v) is 3.14. The van der Waals surface area contributed by atoms with Crippen LogP contribution in [0.3, 0.4) is 0 Å². The van der Waals surface area contributed by atoms with Gasteiger partial charge in [-0.1, -0.05) is 18.2 Å². The number of aromatic amines is 1. The number of para-hydroxylation sites is 1. The zero-order chi connectivity index (χ0) is 9.80. The second kappa shape index (κ2) is 4.26. The van der Waals surface area contributed by atoms with E-state index in [4.69, 9.17) is 9.84 Å². The van der Waals surface area contributed by atoms with Crippen LogP contribution in [0.4, 0.5) is 0 Å². The molecule has 0 atom stereocenters. The Morgan fingerprint density at radius 1 is 1.29 bits per heavy atom. The molecule has 0 bridgehead atoms. The van der Waals surface area contributed by atoms with Crippen molar-refractivity contribution in [1.29, 1.82) is 0 Å². The van der Waals surface area contributed by atoms with E-state index in [1.165, 1.54) is 5.39 Å². The lowest BCUT2D eigenvalue weighted by Crippen LogP contribution is -1.98. The minimum absolute atomic E-state index is 0.0718. The first-order valence-corrected chi connectivity index (χ1v) is 4.65. The summed E-state index contributed by atoms with van der Waals surface area (Å²) in [5.41, 5.74) is 2.25. The van der Waals surface area contributed by atoms with E-state index in [0.717, 1.165) is 11.1 Å². The van der Waals surface area contributed by atoms with Gasteiger partial charge < -0.3 is 14.8 Å². The van der Waals surface area contributed by atoms with Gasteiger partial charge in [-0.05, 0) is 6.07 Å². The number of H-pyrrole nitrogens is 1. The fourth-order valence-corrected chi connectivity index (χ4v) is 1.50. The van der Waals surface area contributed by atoms with Gasteiger partial charge >= 0.3 is 0 Å². The van der Waals surface area contributed by atoms with Crippen molar-refractivity contribution in [2.24, 2.45) is 0 Å². The van der Waals surface area contributed by atoms with Crippen molar-refractivity contribution in [2.45, 2.75) is 6.61 Å². The van der Waals surface area contributed by atoms with Crippen LogP contribution in [0.1, 0.15) is 5.56 Å². The van der Waals surface area contributed by atoms with Crippen LogP contribution in [-0.4, -0.2) is 23.3 Å². The van der Waals surface area contributed by atoms with E-state index in [0.29, 0.717) is 13.2 Å². The van der Waals surface area contributed by atoms with E-state index in [-0.39, 0.29) is 6.61 Å². The molecule has 14 heavy (non-hydrogen) atoms. The smallest absolute Gasteiger partial charge is 0.0738 e. The number of hydrogen-bond donors (Lipinski definition) is 2. The lowest BCUT2D eigenvalue weighted by atomic mass is 10.2. The SMILES string of the molecule is OCCOCc1c[nH]c2ccccc12. The van der Waals surface area contributed by atoms with Crippen molar-refractivity contribution in [2.75, 3.05) is 13.2 Å². The molecule has 3 nitrogen and oxygen atoms in total. The zero-order valence-electron chi connectivity index (χ0n) is 7.86. The monoisotopic (exact) mass is 191 g/mol. The van der Waals surface area contributed by atoms with Crippen LogP contribution in [0.5, 0.6) is 0 Å². The summed E-state index contributed by atoms with van der Waals surface area (Å²) in [6, 6.07) is 8.09. The standard InChI is InChI=1S/C11H13NO2/c13-5-6-14-8-9-7-12-11-4-2-1-3-10(9)11/h1-4,7,12-13H,5-6,8H2. The highest BCUT2D eigenvalue weighted by Gasteiger charge is 2.01. The molecule has 0 aliphatic carbocycles. The molecule has 0 radical (unpaired) electrons. The molecule has 1 heterocycles. The molecule has 2 rings (SSSR count). The average Bonchev–Trinajstić information content (AvgIpc) is 2.63. The first-order valence-electron chi connectivity index (χ1n) is 4.65. The third-order valence-electron chi connectivity index (χ3n) is 2.17. The van der Waals surface area contributed by atoms with Crippen molar-refractivity contribution in [3.8, 4) is 0 Å². The predicted molar refractivity (Wildman–Crippen MR) is 55.0 cm³/mol. The van der Waals surface area contributed by atoms with Gasteiger partial charge in [-0.25, -0.2) is 0 Å². The van der Waals surface area contributed by atoms with E-state index in [2.05, 4.69) is 11.1 Å². The van der Waals surface area contributed by atoms with E-state index in [9.17, 15) is 0 Å². The first kappa shape index (κ1) is 9.24. The summed E-state index contributed by atoms with van der Waals surface area (Å²) in [6.45, 7) is 1.01. The number of aromatic nitrogens is 1. The summed E-state index contributed by atoms with van der Waals surface area (Å²) in [4.78, 5) is 3.17. The number of nitrogens with one attached hydrogen (secondary N) is 1. The van der Waals surface area contributed by atoms with Crippen LogP contribution in [-0.2, 0) is 11.3 Å². The van der Waals surface area contributed by atoms with Crippen LogP contribution in [0.15, 0.2) is 30.5 Å². The van der Waals surface area contributed by atoms with Crippen LogP contribution < -0.4 is 0 Å². The summed E-state index contributed by atoms with van der Waals surface area (Å²) in [7, 11) is 0. The van der Waals surface area contributed by atoms with E-state index in [1.807, 2.05) is 24.4 Å². The molecule has 74 valence electrons. The number of fused-ring (bicyclic) bond motifs is 1. The number of hydrogen-bond acceptors (Lipinski definition) is 2.